The smallest absolute Gasteiger partial charge is 0.294 e. The van der Waals surface area contributed by atoms with Crippen LogP contribution in [0.15, 0.2) is 90.2 Å². The first kappa shape index (κ1) is 25.9. The van der Waals surface area contributed by atoms with Crippen LogP contribution < -0.4 is 15.0 Å². The normalized spacial score (nSPS) is 15.0. The van der Waals surface area contributed by atoms with Gasteiger partial charge in [0.25, 0.3) is 5.91 Å². The molecular formula is C30H25N3O5S. The molecule has 3 aromatic carbocycles. The summed E-state index contributed by atoms with van der Waals surface area (Å²) in [4.78, 5) is 45.6. The van der Waals surface area contributed by atoms with Gasteiger partial charge in [-0.15, -0.1) is 11.3 Å². The third-order valence-electron chi connectivity index (χ3n) is 6.33. The van der Waals surface area contributed by atoms with Gasteiger partial charge >= 0.3 is 0 Å². The highest BCUT2D eigenvalue weighted by Gasteiger charge is 2.45. The molecule has 1 atom stereocenters. The molecule has 1 aromatic heterocycles. The van der Waals surface area contributed by atoms with E-state index in [-0.39, 0.29) is 11.5 Å². The molecule has 0 spiro atoms. The van der Waals surface area contributed by atoms with Crippen LogP contribution >= 0.6 is 11.3 Å². The van der Waals surface area contributed by atoms with Gasteiger partial charge in [0.2, 0.25) is 11.7 Å². The predicted molar refractivity (Wildman–Crippen MR) is 150 cm³/mol. The molecule has 1 aliphatic rings. The summed E-state index contributed by atoms with van der Waals surface area (Å²) in [5, 5.41) is 14.5. The van der Waals surface area contributed by atoms with Crippen LogP contribution in [0.5, 0.6) is 5.75 Å². The number of carbonyl (C=O) groups is 3. The van der Waals surface area contributed by atoms with E-state index in [9.17, 15) is 19.5 Å². The lowest BCUT2D eigenvalue weighted by molar-refractivity contribution is -0.117. The van der Waals surface area contributed by atoms with Gasteiger partial charge in [-0.05, 0) is 42.8 Å². The van der Waals surface area contributed by atoms with Crippen LogP contribution in [-0.2, 0) is 9.59 Å². The van der Waals surface area contributed by atoms with E-state index in [0.29, 0.717) is 38.3 Å². The zero-order chi connectivity index (χ0) is 27.7. The lowest BCUT2D eigenvalue weighted by Gasteiger charge is -2.27. The molecule has 9 heteroatoms. The Morgan fingerprint density at radius 3 is 2.49 bits per heavy atom. The average molecular weight is 540 g/mol. The van der Waals surface area contributed by atoms with Crippen molar-refractivity contribution in [2.75, 3.05) is 17.3 Å². The second-order valence-corrected chi connectivity index (χ2v) is 9.98. The Morgan fingerprint density at radius 2 is 1.77 bits per heavy atom. The van der Waals surface area contributed by atoms with Gasteiger partial charge in [-0.1, -0.05) is 48.5 Å². The molecule has 0 aliphatic carbocycles. The van der Waals surface area contributed by atoms with Crippen molar-refractivity contribution in [1.82, 2.24) is 4.98 Å². The predicted octanol–water partition coefficient (Wildman–Crippen LogP) is 5.87. The molecule has 2 heterocycles. The minimum Gasteiger partial charge on any atom is -0.503 e. The molecule has 196 valence electrons. The lowest BCUT2D eigenvalue weighted by atomic mass is 9.94. The Bertz CT molecular complexity index is 1630. The number of aliphatic hydroxyl groups excluding tert-OH is 1. The van der Waals surface area contributed by atoms with Crippen molar-refractivity contribution in [1.29, 1.82) is 0 Å². The van der Waals surface area contributed by atoms with Crippen molar-refractivity contribution in [3.05, 3.63) is 106 Å². The number of thiazole rings is 1. The van der Waals surface area contributed by atoms with E-state index in [1.807, 2.05) is 30.3 Å². The van der Waals surface area contributed by atoms with Crippen LogP contribution in [-0.4, -0.2) is 34.8 Å². The standard InChI is InChI=1S/C30H25N3O5S/c1-17-28(39-29(31-17)19-9-5-4-6-10-19)26(35)24-25(20-11-7-14-23(15-20)38-3)33(30(37)27(24)36)22-13-8-12-21(16-22)32-18(2)34/h4-16,25,36H,1-3H3,(H,32,34). The molecule has 5 rings (SSSR count). The summed E-state index contributed by atoms with van der Waals surface area (Å²) >= 11 is 1.21. The second-order valence-electron chi connectivity index (χ2n) is 8.98. The molecule has 39 heavy (non-hydrogen) atoms. The van der Waals surface area contributed by atoms with Crippen LogP contribution in [0.3, 0.4) is 0 Å². The number of nitrogens with one attached hydrogen (secondary N) is 1. The number of aryl methyl sites for hydroxylation is 1. The van der Waals surface area contributed by atoms with Gasteiger partial charge < -0.3 is 15.2 Å². The summed E-state index contributed by atoms with van der Waals surface area (Å²) in [5.41, 5.74) is 2.77. The number of hydrogen-bond acceptors (Lipinski definition) is 7. The molecule has 4 aromatic rings. The van der Waals surface area contributed by atoms with Gasteiger partial charge in [0.1, 0.15) is 10.8 Å². The zero-order valence-corrected chi connectivity index (χ0v) is 22.3. The largest absolute Gasteiger partial charge is 0.503 e. The first-order valence-corrected chi connectivity index (χ1v) is 13.0. The quantitative estimate of drug-likeness (QED) is 0.285. The average Bonchev–Trinajstić information content (AvgIpc) is 3.45. The number of hydrogen-bond donors (Lipinski definition) is 2. The number of carbonyl (C=O) groups excluding carboxylic acids is 3. The van der Waals surface area contributed by atoms with E-state index in [4.69, 9.17) is 4.74 Å². The molecule has 8 nitrogen and oxygen atoms in total. The van der Waals surface area contributed by atoms with Gasteiger partial charge in [0, 0.05) is 23.9 Å². The Hall–Kier alpha value is -4.76. The van der Waals surface area contributed by atoms with Crippen LogP contribution in [0.25, 0.3) is 10.6 Å². The Labute approximate surface area is 229 Å². The fraction of sp³-hybridized carbons (Fsp3) is 0.133. The molecule has 2 amide bonds. The maximum absolute atomic E-state index is 14.1. The third-order valence-corrected chi connectivity index (χ3v) is 7.54. The number of benzene rings is 3. The first-order chi connectivity index (χ1) is 18.8. The van der Waals surface area contributed by atoms with E-state index in [0.717, 1.165) is 5.56 Å². The Balaban J connectivity index is 1.63. The molecule has 0 bridgehead atoms. The van der Waals surface area contributed by atoms with Gasteiger partial charge in [0.15, 0.2) is 5.76 Å². The highest BCUT2D eigenvalue weighted by atomic mass is 32.1. The SMILES string of the molecule is COc1cccc(C2C(C(=O)c3sc(-c4ccccc4)nc3C)=C(O)C(=O)N2c2cccc(NC(C)=O)c2)c1. The van der Waals surface area contributed by atoms with E-state index in [2.05, 4.69) is 10.3 Å². The van der Waals surface area contributed by atoms with Crippen molar-refractivity contribution in [3.8, 4) is 16.3 Å². The Morgan fingerprint density at radius 1 is 1.03 bits per heavy atom. The van der Waals surface area contributed by atoms with Crippen molar-refractivity contribution in [2.45, 2.75) is 19.9 Å². The van der Waals surface area contributed by atoms with Crippen LogP contribution in [0, 0.1) is 6.92 Å². The molecule has 1 aliphatic heterocycles. The molecular weight excluding hydrogens is 514 g/mol. The Kier molecular flexibility index (Phi) is 7.00. The number of ketones is 1. The zero-order valence-electron chi connectivity index (χ0n) is 21.5. The topological polar surface area (TPSA) is 109 Å². The number of rotatable bonds is 7. The molecule has 0 radical (unpaired) electrons. The fourth-order valence-electron chi connectivity index (χ4n) is 4.60. The molecule has 1 unspecified atom stereocenters. The van der Waals surface area contributed by atoms with Crippen molar-refractivity contribution < 1.29 is 24.2 Å². The summed E-state index contributed by atoms with van der Waals surface area (Å²) in [6.07, 6.45) is 0. The fourth-order valence-corrected chi connectivity index (χ4v) is 5.63. The van der Waals surface area contributed by atoms with Gasteiger partial charge in [-0.2, -0.15) is 0 Å². The van der Waals surface area contributed by atoms with E-state index in [1.54, 1.807) is 55.5 Å². The molecule has 0 fully saturated rings. The number of nitrogens with zero attached hydrogens (tertiary/aromatic N) is 2. The second kappa shape index (κ2) is 10.5. The number of amides is 2. The number of aliphatic hydroxyl groups is 1. The van der Waals surface area contributed by atoms with Crippen molar-refractivity contribution in [2.24, 2.45) is 0 Å². The number of aromatic nitrogens is 1. The minimum atomic E-state index is -0.950. The van der Waals surface area contributed by atoms with Crippen molar-refractivity contribution >= 4 is 40.3 Å². The summed E-state index contributed by atoms with van der Waals surface area (Å²) in [5.74, 6) is -1.57. The third kappa shape index (κ3) is 4.92. The summed E-state index contributed by atoms with van der Waals surface area (Å²) in [7, 11) is 1.53. The molecule has 2 N–H and O–H groups in total. The summed E-state index contributed by atoms with van der Waals surface area (Å²) < 4.78 is 5.40. The van der Waals surface area contributed by atoms with Gasteiger partial charge in [-0.25, -0.2) is 4.98 Å². The van der Waals surface area contributed by atoms with Gasteiger partial charge in [-0.3, -0.25) is 19.3 Å². The van der Waals surface area contributed by atoms with E-state index in [1.165, 1.54) is 30.3 Å². The monoisotopic (exact) mass is 539 g/mol. The summed E-state index contributed by atoms with van der Waals surface area (Å²) in [6.45, 7) is 3.12. The van der Waals surface area contributed by atoms with Crippen molar-refractivity contribution in [3.63, 3.8) is 0 Å². The molecule has 0 saturated carbocycles. The van der Waals surface area contributed by atoms with E-state index >= 15 is 0 Å². The van der Waals surface area contributed by atoms with Crippen LogP contribution in [0.1, 0.15) is 33.9 Å². The summed E-state index contributed by atoms with van der Waals surface area (Å²) in [6, 6.07) is 22.2. The highest BCUT2D eigenvalue weighted by molar-refractivity contribution is 7.17. The number of methoxy groups -OCH3 is 1. The number of ether oxygens (including phenoxy) is 1. The molecule has 0 saturated heterocycles. The number of Topliss-reactive ketones (excluding diaryl/α,β-unsaturated/α-hetero) is 1. The minimum absolute atomic E-state index is 0.0513. The highest BCUT2D eigenvalue weighted by Crippen LogP contribution is 2.44. The lowest BCUT2D eigenvalue weighted by Crippen LogP contribution is -2.31. The first-order valence-electron chi connectivity index (χ1n) is 12.1. The van der Waals surface area contributed by atoms with E-state index < -0.39 is 23.5 Å². The maximum Gasteiger partial charge on any atom is 0.294 e. The van der Waals surface area contributed by atoms with Gasteiger partial charge in [0.05, 0.1) is 29.3 Å². The maximum atomic E-state index is 14.1. The van der Waals surface area contributed by atoms with Crippen LogP contribution in [0.2, 0.25) is 0 Å². The number of anilines is 2. The van der Waals surface area contributed by atoms with Crippen LogP contribution in [0.4, 0.5) is 11.4 Å².